The van der Waals surface area contributed by atoms with E-state index in [1.54, 1.807) is 0 Å². The molecule has 146 valence electrons. The van der Waals surface area contributed by atoms with Gasteiger partial charge in [-0.25, -0.2) is 0 Å². The Labute approximate surface area is 199 Å². The number of benzene rings is 6. The van der Waals surface area contributed by atoms with Crippen molar-refractivity contribution in [3.8, 4) is 22.3 Å². The Bertz CT molecular complexity index is 1940. The summed E-state index contributed by atoms with van der Waals surface area (Å²) in [6, 6.07) is 21.2. The summed E-state index contributed by atoms with van der Waals surface area (Å²) in [4.78, 5) is 0. The molecule has 0 heterocycles. The highest BCUT2D eigenvalue weighted by molar-refractivity contribution is 9.10. The van der Waals surface area contributed by atoms with Gasteiger partial charge in [-0.05, 0) is 76.6 Å². The van der Waals surface area contributed by atoms with Gasteiger partial charge in [0.25, 0.3) is 0 Å². The molecule has 6 rings (SSSR count). The lowest BCUT2D eigenvalue weighted by Gasteiger charge is -2.16. The molecule has 0 saturated heterocycles. The van der Waals surface area contributed by atoms with Crippen LogP contribution in [0.2, 0.25) is 0 Å². The van der Waals surface area contributed by atoms with Gasteiger partial charge in [0.1, 0.15) is 0 Å². The first-order valence-electron chi connectivity index (χ1n) is 13.4. The molecule has 31 heavy (non-hydrogen) atoms. The summed E-state index contributed by atoms with van der Waals surface area (Å²) >= 11 is 3.79. The predicted molar refractivity (Wildman–Crippen MR) is 138 cm³/mol. The van der Waals surface area contributed by atoms with Crippen molar-refractivity contribution >= 4 is 48.2 Å². The first-order chi connectivity index (χ1) is 18.2. The van der Waals surface area contributed by atoms with Crippen LogP contribution in [0, 0.1) is 0 Å². The van der Waals surface area contributed by atoms with Crippen molar-refractivity contribution in [2.45, 2.75) is 0 Å². The van der Waals surface area contributed by atoms with Crippen molar-refractivity contribution in [3.63, 3.8) is 0 Å². The van der Waals surface area contributed by atoms with Gasteiger partial charge in [0.05, 0.1) is 9.60 Å². The molecule has 0 unspecified atom stereocenters. The fourth-order valence-electron chi connectivity index (χ4n) is 4.23. The lowest BCUT2D eigenvalue weighted by atomic mass is 9.89. The van der Waals surface area contributed by atoms with E-state index in [4.69, 9.17) is 9.60 Å². The molecule has 0 aliphatic carbocycles. The maximum atomic E-state index is 8.78. The summed E-state index contributed by atoms with van der Waals surface area (Å²) in [5.41, 5.74) is 2.78. The van der Waals surface area contributed by atoms with E-state index in [1.807, 2.05) is 60.7 Å². The van der Waals surface area contributed by atoms with Gasteiger partial charge in [0.2, 0.25) is 0 Å². The van der Waals surface area contributed by atoms with Crippen molar-refractivity contribution in [3.05, 3.63) is 120 Å². The summed E-state index contributed by atoms with van der Waals surface area (Å²) in [5, 5.41) is 3.98. The first-order valence-corrected chi connectivity index (χ1v) is 10.7. The van der Waals surface area contributed by atoms with Crippen LogP contribution in [-0.2, 0) is 0 Å². The van der Waals surface area contributed by atoms with Crippen molar-refractivity contribution < 1.29 is 9.60 Å². The maximum absolute atomic E-state index is 8.78. The zero-order valence-corrected chi connectivity index (χ0v) is 17.9. The van der Waals surface area contributed by atoms with E-state index in [1.165, 1.54) is 0 Å². The van der Waals surface area contributed by atoms with E-state index in [9.17, 15) is 0 Å². The Balaban J connectivity index is 1.81. The Morgan fingerprint density at radius 3 is 2.13 bits per heavy atom. The quantitative estimate of drug-likeness (QED) is 0.223. The SMILES string of the molecule is [2H]c1c([2H])c([2H])c2c(-c3ccc4c(Br)c5ccccc5c(-c5ccccc5)c4c3)c([2H])c([2H])c([2H])c2c1[2H]. The average molecular weight is 466 g/mol. The van der Waals surface area contributed by atoms with E-state index in [0.29, 0.717) is 5.56 Å². The van der Waals surface area contributed by atoms with Crippen LogP contribution < -0.4 is 0 Å². The summed E-state index contributed by atoms with van der Waals surface area (Å²) in [5.74, 6) is 0. The lowest BCUT2D eigenvalue weighted by Crippen LogP contribution is -1.89. The summed E-state index contributed by atoms with van der Waals surface area (Å²) in [7, 11) is 0. The highest BCUT2D eigenvalue weighted by Gasteiger charge is 2.15. The molecule has 0 N–H and O–H groups in total. The second-order valence-corrected chi connectivity index (χ2v) is 8.15. The minimum Gasteiger partial charge on any atom is -0.0622 e. The molecule has 0 atom stereocenters. The number of hydrogen-bond acceptors (Lipinski definition) is 0. The minimum absolute atomic E-state index is 0.0462. The van der Waals surface area contributed by atoms with Crippen LogP contribution in [0.5, 0.6) is 0 Å². The molecule has 0 bridgehead atoms. The summed E-state index contributed by atoms with van der Waals surface area (Å²) in [6.45, 7) is 0. The molecule has 0 aliphatic rings. The number of rotatable bonds is 2. The third-order valence-corrected chi connectivity index (χ3v) is 6.48. The van der Waals surface area contributed by atoms with Gasteiger partial charge in [-0.1, -0.05) is 109 Å². The van der Waals surface area contributed by atoms with Gasteiger partial charge in [0.15, 0.2) is 0 Å². The van der Waals surface area contributed by atoms with Crippen molar-refractivity contribution in [1.82, 2.24) is 0 Å². The van der Waals surface area contributed by atoms with Gasteiger partial charge in [-0.15, -0.1) is 0 Å². The molecule has 0 radical (unpaired) electrons. The fourth-order valence-corrected chi connectivity index (χ4v) is 4.92. The zero-order chi connectivity index (χ0) is 26.9. The zero-order valence-electron chi connectivity index (χ0n) is 23.3. The molecule has 0 saturated carbocycles. The van der Waals surface area contributed by atoms with Gasteiger partial charge in [-0.2, -0.15) is 0 Å². The predicted octanol–water partition coefficient (Wildman–Crippen LogP) is 9.24. The fraction of sp³-hybridized carbons (Fsp3) is 0. The molecule has 0 aliphatic heterocycles. The largest absolute Gasteiger partial charge is 0.0629 e. The first kappa shape index (κ1) is 12.4. The van der Waals surface area contributed by atoms with E-state index in [2.05, 4.69) is 28.1 Å². The average Bonchev–Trinajstić information content (AvgIpc) is 2.94. The molecular formula is C30H19Br. The summed E-state index contributed by atoms with van der Waals surface area (Å²) in [6.07, 6.45) is 0. The van der Waals surface area contributed by atoms with Crippen LogP contribution in [0.25, 0.3) is 54.6 Å². The van der Waals surface area contributed by atoms with Crippen LogP contribution in [0.4, 0.5) is 0 Å². The van der Waals surface area contributed by atoms with Crippen LogP contribution in [0.15, 0.2) is 120 Å². The van der Waals surface area contributed by atoms with Crippen molar-refractivity contribution in [1.29, 1.82) is 0 Å². The highest BCUT2D eigenvalue weighted by atomic mass is 79.9. The Morgan fingerprint density at radius 1 is 0.548 bits per heavy atom. The maximum Gasteiger partial charge on any atom is 0.0629 e. The van der Waals surface area contributed by atoms with Crippen LogP contribution in [0.3, 0.4) is 0 Å². The highest BCUT2D eigenvalue weighted by Crippen LogP contribution is 2.43. The van der Waals surface area contributed by atoms with Crippen LogP contribution >= 0.6 is 15.9 Å². The van der Waals surface area contributed by atoms with Crippen molar-refractivity contribution in [2.75, 3.05) is 0 Å². The van der Waals surface area contributed by atoms with Crippen molar-refractivity contribution in [2.24, 2.45) is 0 Å². The van der Waals surface area contributed by atoms with E-state index >= 15 is 0 Å². The number of halogens is 1. The summed E-state index contributed by atoms with van der Waals surface area (Å²) < 4.78 is 60.0. The third kappa shape index (κ3) is 2.97. The molecule has 1 heteroatoms. The van der Waals surface area contributed by atoms with Gasteiger partial charge >= 0.3 is 0 Å². The Hall–Kier alpha value is -3.42. The molecule has 6 aromatic carbocycles. The molecule has 6 aromatic rings. The minimum atomic E-state index is -0.459. The molecule has 0 spiro atoms. The second-order valence-electron chi connectivity index (χ2n) is 7.36. The van der Waals surface area contributed by atoms with E-state index in [0.717, 1.165) is 37.1 Å². The standard InChI is InChI=1S/C30H19Br/c31-30-26-15-7-6-14-25(26)29(21-10-2-1-3-11-21)28-19-22(17-18-27(28)30)24-16-8-12-20-9-4-5-13-23(20)24/h1-19H/i4D,5D,8D,9D,12D,13D,16D. The van der Waals surface area contributed by atoms with Crippen LogP contribution in [0.1, 0.15) is 9.60 Å². The van der Waals surface area contributed by atoms with Gasteiger partial charge in [-0.3, -0.25) is 0 Å². The Kier molecular flexibility index (Phi) is 2.96. The normalized spacial score (nSPS) is 14.5. The molecular weight excluding hydrogens is 440 g/mol. The molecule has 0 fully saturated rings. The number of hydrogen-bond donors (Lipinski definition) is 0. The van der Waals surface area contributed by atoms with Gasteiger partial charge < -0.3 is 0 Å². The molecule has 0 nitrogen and oxygen atoms in total. The smallest absolute Gasteiger partial charge is 0.0622 e. The monoisotopic (exact) mass is 465 g/mol. The van der Waals surface area contributed by atoms with E-state index < -0.39 is 12.1 Å². The number of fused-ring (bicyclic) bond motifs is 3. The third-order valence-electron chi connectivity index (χ3n) is 5.62. The molecule has 0 aromatic heterocycles. The lowest BCUT2D eigenvalue weighted by molar-refractivity contribution is 1.65. The van der Waals surface area contributed by atoms with E-state index in [-0.39, 0.29) is 46.5 Å². The van der Waals surface area contributed by atoms with Crippen LogP contribution in [-0.4, -0.2) is 0 Å². The molecule has 0 amide bonds. The second kappa shape index (κ2) is 7.37. The Morgan fingerprint density at radius 2 is 1.26 bits per heavy atom. The van der Waals surface area contributed by atoms with Gasteiger partial charge in [0, 0.05) is 4.47 Å². The topological polar surface area (TPSA) is 0 Å².